The number of carboxylic acids is 1. The third-order valence-corrected chi connectivity index (χ3v) is 2.55. The van der Waals surface area contributed by atoms with Crippen molar-refractivity contribution in [2.24, 2.45) is 0 Å². The van der Waals surface area contributed by atoms with Gasteiger partial charge >= 0.3 is 5.97 Å². The van der Waals surface area contributed by atoms with E-state index in [1.165, 1.54) is 0 Å². The second-order valence-electron chi connectivity index (χ2n) is 4.07. The lowest BCUT2D eigenvalue weighted by molar-refractivity contribution is 0.0698. The van der Waals surface area contributed by atoms with E-state index in [1.54, 1.807) is 0 Å². The van der Waals surface area contributed by atoms with E-state index < -0.39 is 29.1 Å². The quantitative estimate of drug-likeness (QED) is 0.677. The standard InChI is InChI=1S/C13H9FN2O5/c14-7-1-2-8(13(20)21)9(5-7)15-12(19)6-3-10(17)16-11(18)4-6/h1-5H,(H,15,19)(H,20,21)(H2,16,17,18). The lowest BCUT2D eigenvalue weighted by Gasteiger charge is -2.08. The molecule has 1 amide bonds. The van der Waals surface area contributed by atoms with Crippen LogP contribution < -0.4 is 10.9 Å². The van der Waals surface area contributed by atoms with Gasteiger partial charge in [0.05, 0.1) is 16.8 Å². The number of carbonyl (C=O) groups is 2. The molecule has 0 fully saturated rings. The van der Waals surface area contributed by atoms with E-state index >= 15 is 0 Å². The minimum Gasteiger partial charge on any atom is -0.494 e. The third-order valence-electron chi connectivity index (χ3n) is 2.55. The highest BCUT2D eigenvalue weighted by molar-refractivity contribution is 6.07. The molecule has 0 spiro atoms. The van der Waals surface area contributed by atoms with Gasteiger partial charge in [0.15, 0.2) is 5.88 Å². The molecule has 1 aromatic carbocycles. The van der Waals surface area contributed by atoms with Crippen LogP contribution in [0.25, 0.3) is 0 Å². The molecule has 0 bridgehead atoms. The number of anilines is 1. The summed E-state index contributed by atoms with van der Waals surface area (Å²) in [5.41, 5.74) is -1.47. The number of halogens is 1. The molecular weight excluding hydrogens is 283 g/mol. The number of aromatic amines is 1. The number of aromatic carboxylic acids is 1. The van der Waals surface area contributed by atoms with E-state index in [2.05, 4.69) is 5.32 Å². The summed E-state index contributed by atoms with van der Waals surface area (Å²) in [6.45, 7) is 0. The van der Waals surface area contributed by atoms with Gasteiger partial charge in [-0.2, -0.15) is 0 Å². The number of H-pyrrole nitrogens is 1. The summed E-state index contributed by atoms with van der Waals surface area (Å²) in [4.78, 5) is 36.1. The molecule has 21 heavy (non-hydrogen) atoms. The van der Waals surface area contributed by atoms with Crippen LogP contribution in [0.4, 0.5) is 10.1 Å². The number of hydrogen-bond donors (Lipinski definition) is 4. The maximum absolute atomic E-state index is 13.2. The molecule has 0 aliphatic carbocycles. The number of aromatic nitrogens is 1. The van der Waals surface area contributed by atoms with Crippen molar-refractivity contribution in [1.29, 1.82) is 0 Å². The number of nitrogens with one attached hydrogen (secondary N) is 2. The minimum atomic E-state index is -1.35. The second kappa shape index (κ2) is 5.45. The first-order chi connectivity index (χ1) is 9.86. The van der Waals surface area contributed by atoms with Crippen LogP contribution in [0.3, 0.4) is 0 Å². The highest BCUT2D eigenvalue weighted by Crippen LogP contribution is 2.18. The molecule has 2 rings (SSSR count). The van der Waals surface area contributed by atoms with Crippen LogP contribution in [-0.4, -0.2) is 27.1 Å². The molecule has 0 atom stereocenters. The Morgan fingerprint density at radius 1 is 1.19 bits per heavy atom. The van der Waals surface area contributed by atoms with Crippen molar-refractivity contribution in [3.8, 4) is 5.88 Å². The average Bonchev–Trinajstić information content (AvgIpc) is 2.37. The number of aromatic hydroxyl groups is 1. The van der Waals surface area contributed by atoms with E-state index in [1.807, 2.05) is 4.98 Å². The van der Waals surface area contributed by atoms with Crippen LogP contribution in [0.2, 0.25) is 0 Å². The summed E-state index contributed by atoms with van der Waals surface area (Å²) in [6.07, 6.45) is 0. The zero-order valence-corrected chi connectivity index (χ0v) is 10.4. The van der Waals surface area contributed by atoms with Crippen LogP contribution in [-0.2, 0) is 0 Å². The Balaban J connectivity index is 2.37. The van der Waals surface area contributed by atoms with Crippen LogP contribution in [0, 0.1) is 5.82 Å². The maximum Gasteiger partial charge on any atom is 0.337 e. The molecule has 4 N–H and O–H groups in total. The van der Waals surface area contributed by atoms with Crippen molar-refractivity contribution in [2.45, 2.75) is 0 Å². The average molecular weight is 292 g/mol. The molecule has 1 heterocycles. The molecule has 8 heteroatoms. The van der Waals surface area contributed by atoms with Crippen molar-refractivity contribution in [1.82, 2.24) is 4.98 Å². The lowest BCUT2D eigenvalue weighted by Crippen LogP contribution is -2.17. The topological polar surface area (TPSA) is 119 Å². The first-order valence-corrected chi connectivity index (χ1v) is 5.64. The Morgan fingerprint density at radius 2 is 1.90 bits per heavy atom. The molecule has 1 aromatic heterocycles. The van der Waals surface area contributed by atoms with E-state index in [4.69, 9.17) is 5.11 Å². The predicted molar refractivity (Wildman–Crippen MR) is 70.0 cm³/mol. The fraction of sp³-hybridized carbons (Fsp3) is 0. The molecule has 0 saturated heterocycles. The normalized spacial score (nSPS) is 10.1. The van der Waals surface area contributed by atoms with Crippen molar-refractivity contribution in [3.63, 3.8) is 0 Å². The van der Waals surface area contributed by atoms with E-state index in [0.29, 0.717) is 0 Å². The van der Waals surface area contributed by atoms with Crippen LogP contribution >= 0.6 is 0 Å². The third kappa shape index (κ3) is 3.24. The maximum atomic E-state index is 13.2. The summed E-state index contributed by atoms with van der Waals surface area (Å²) >= 11 is 0. The summed E-state index contributed by atoms with van der Waals surface area (Å²) < 4.78 is 13.2. The molecule has 0 aliphatic rings. The van der Waals surface area contributed by atoms with Crippen molar-refractivity contribution in [2.75, 3.05) is 5.32 Å². The van der Waals surface area contributed by atoms with Gasteiger partial charge in [-0.3, -0.25) is 14.6 Å². The molecule has 0 aliphatic heterocycles. The first-order valence-electron chi connectivity index (χ1n) is 5.64. The number of pyridine rings is 1. The van der Waals surface area contributed by atoms with Crippen LogP contribution in [0.1, 0.15) is 20.7 Å². The second-order valence-corrected chi connectivity index (χ2v) is 4.07. The number of amides is 1. The molecule has 2 aromatic rings. The van der Waals surface area contributed by atoms with E-state index in [0.717, 1.165) is 30.3 Å². The SMILES string of the molecule is O=C(Nc1cc(F)ccc1C(=O)O)c1cc(O)[nH]c(=O)c1. The van der Waals surface area contributed by atoms with Gasteiger partial charge < -0.3 is 15.5 Å². The highest BCUT2D eigenvalue weighted by Gasteiger charge is 2.15. The minimum absolute atomic E-state index is 0.197. The first kappa shape index (κ1) is 14.3. The fourth-order valence-corrected chi connectivity index (χ4v) is 1.66. The fourth-order valence-electron chi connectivity index (χ4n) is 1.66. The van der Waals surface area contributed by atoms with Crippen molar-refractivity contribution < 1.29 is 24.2 Å². The lowest BCUT2D eigenvalue weighted by atomic mass is 10.1. The zero-order chi connectivity index (χ0) is 15.6. The van der Waals surface area contributed by atoms with Gasteiger partial charge in [-0.25, -0.2) is 9.18 Å². The molecule has 0 saturated carbocycles. The smallest absolute Gasteiger partial charge is 0.337 e. The van der Waals surface area contributed by atoms with Gasteiger partial charge in [0, 0.05) is 12.1 Å². The molecular formula is C13H9FN2O5. The van der Waals surface area contributed by atoms with Gasteiger partial charge in [0.2, 0.25) is 0 Å². The van der Waals surface area contributed by atoms with Gasteiger partial charge in [0.25, 0.3) is 11.5 Å². The van der Waals surface area contributed by atoms with Crippen LogP contribution in [0.15, 0.2) is 35.1 Å². The molecule has 108 valence electrons. The van der Waals surface area contributed by atoms with Crippen molar-refractivity contribution >= 4 is 17.6 Å². The number of carbonyl (C=O) groups excluding carboxylic acids is 1. The summed E-state index contributed by atoms with van der Waals surface area (Å²) in [6, 6.07) is 4.68. The molecule has 0 unspecified atom stereocenters. The largest absolute Gasteiger partial charge is 0.494 e. The molecule has 7 nitrogen and oxygen atoms in total. The highest BCUT2D eigenvalue weighted by atomic mass is 19.1. The Hall–Kier alpha value is -3.16. The van der Waals surface area contributed by atoms with E-state index in [9.17, 15) is 23.9 Å². The Morgan fingerprint density at radius 3 is 2.52 bits per heavy atom. The van der Waals surface area contributed by atoms with Crippen LogP contribution in [0.5, 0.6) is 5.88 Å². The van der Waals surface area contributed by atoms with Gasteiger partial charge in [-0.05, 0) is 18.2 Å². The molecule has 0 radical (unpaired) electrons. The van der Waals surface area contributed by atoms with E-state index in [-0.39, 0.29) is 16.8 Å². The van der Waals surface area contributed by atoms with Gasteiger partial charge in [0.1, 0.15) is 5.82 Å². The monoisotopic (exact) mass is 292 g/mol. The summed E-state index contributed by atoms with van der Waals surface area (Å²) in [5, 5.41) is 20.3. The number of carboxylic acid groups (broad SMARTS) is 1. The Labute approximate surface area is 116 Å². The summed E-state index contributed by atoms with van der Waals surface area (Å²) in [7, 11) is 0. The zero-order valence-electron chi connectivity index (χ0n) is 10.4. The Bertz CT molecular complexity index is 784. The number of benzene rings is 1. The van der Waals surface area contributed by atoms with Gasteiger partial charge in [-0.15, -0.1) is 0 Å². The number of rotatable bonds is 3. The van der Waals surface area contributed by atoms with Gasteiger partial charge in [-0.1, -0.05) is 0 Å². The number of hydrogen-bond acceptors (Lipinski definition) is 4. The predicted octanol–water partition coefficient (Wildman–Crippen LogP) is 1.17. The summed E-state index contributed by atoms with van der Waals surface area (Å²) in [5.74, 6) is -3.46. The van der Waals surface area contributed by atoms with Crippen molar-refractivity contribution in [3.05, 3.63) is 57.6 Å². The Kier molecular flexibility index (Phi) is 3.70.